The lowest BCUT2D eigenvalue weighted by molar-refractivity contribution is -0.386. The summed E-state index contributed by atoms with van der Waals surface area (Å²) in [5, 5.41) is 28.1. The molecule has 0 unspecified atom stereocenters. The van der Waals surface area contributed by atoms with Gasteiger partial charge < -0.3 is 4.74 Å². The SMILES string of the molecule is COc1c(CC#N)ccc(C#N)c1[N+](=O)[O-]. The molecule has 0 radical (unpaired) electrons. The van der Waals surface area contributed by atoms with E-state index in [-0.39, 0.29) is 17.7 Å². The maximum Gasteiger partial charge on any atom is 0.328 e. The average Bonchev–Trinajstić information content (AvgIpc) is 2.28. The summed E-state index contributed by atoms with van der Waals surface area (Å²) in [6.07, 6.45) is -0.00424. The first kappa shape index (κ1) is 11.5. The molecule has 80 valence electrons. The number of ether oxygens (including phenoxy) is 1. The number of benzene rings is 1. The van der Waals surface area contributed by atoms with E-state index in [1.807, 2.05) is 6.07 Å². The molecular formula is C10H7N3O3. The van der Waals surface area contributed by atoms with Crippen LogP contribution in [0, 0.1) is 32.8 Å². The lowest BCUT2D eigenvalue weighted by Gasteiger charge is -2.06. The first-order valence-electron chi connectivity index (χ1n) is 4.27. The molecule has 0 N–H and O–H groups in total. The van der Waals surface area contributed by atoms with Crippen LogP contribution in [0.2, 0.25) is 0 Å². The lowest BCUT2D eigenvalue weighted by Crippen LogP contribution is -2.00. The van der Waals surface area contributed by atoms with Gasteiger partial charge in [0.15, 0.2) is 0 Å². The van der Waals surface area contributed by atoms with E-state index in [1.54, 1.807) is 6.07 Å². The molecule has 16 heavy (non-hydrogen) atoms. The summed E-state index contributed by atoms with van der Waals surface area (Å²) in [5.41, 5.74) is -0.0722. The molecule has 0 aliphatic heterocycles. The Hall–Kier alpha value is -2.60. The van der Waals surface area contributed by atoms with Gasteiger partial charge in [0.2, 0.25) is 5.75 Å². The zero-order valence-corrected chi connectivity index (χ0v) is 8.43. The fourth-order valence-corrected chi connectivity index (χ4v) is 1.34. The van der Waals surface area contributed by atoms with Crippen LogP contribution in [0.1, 0.15) is 11.1 Å². The van der Waals surface area contributed by atoms with Gasteiger partial charge in [-0.1, -0.05) is 6.07 Å². The van der Waals surface area contributed by atoms with Crippen molar-refractivity contribution in [2.24, 2.45) is 0 Å². The minimum absolute atomic E-state index is 0.00424. The molecule has 0 aliphatic carbocycles. The van der Waals surface area contributed by atoms with Crippen molar-refractivity contribution in [3.05, 3.63) is 33.4 Å². The quantitative estimate of drug-likeness (QED) is 0.564. The molecule has 1 aromatic rings. The molecule has 6 nitrogen and oxygen atoms in total. The van der Waals surface area contributed by atoms with E-state index < -0.39 is 10.6 Å². The standard InChI is InChI=1S/C10H7N3O3/c1-16-10-7(4-5-11)2-3-8(6-12)9(10)13(14)15/h2-3H,4H2,1H3. The van der Waals surface area contributed by atoms with Gasteiger partial charge in [-0.2, -0.15) is 10.5 Å². The third kappa shape index (κ3) is 1.91. The van der Waals surface area contributed by atoms with Gasteiger partial charge in [-0.3, -0.25) is 10.1 Å². The minimum Gasteiger partial charge on any atom is -0.490 e. The van der Waals surface area contributed by atoms with Gasteiger partial charge >= 0.3 is 5.69 Å². The fourth-order valence-electron chi connectivity index (χ4n) is 1.34. The van der Waals surface area contributed by atoms with Crippen molar-refractivity contribution >= 4 is 5.69 Å². The average molecular weight is 217 g/mol. The molecule has 0 saturated carbocycles. The molecule has 0 saturated heterocycles. The molecule has 1 rings (SSSR count). The van der Waals surface area contributed by atoms with Crippen LogP contribution in [-0.2, 0) is 6.42 Å². The highest BCUT2D eigenvalue weighted by Gasteiger charge is 2.23. The predicted molar refractivity (Wildman–Crippen MR) is 53.7 cm³/mol. The number of nitriles is 2. The van der Waals surface area contributed by atoms with Gasteiger partial charge in [-0.15, -0.1) is 0 Å². The zero-order chi connectivity index (χ0) is 12.1. The highest BCUT2D eigenvalue weighted by atomic mass is 16.6. The van der Waals surface area contributed by atoms with E-state index in [0.717, 1.165) is 0 Å². The molecule has 6 heteroatoms. The Labute approximate surface area is 91.4 Å². The van der Waals surface area contributed by atoms with E-state index in [0.29, 0.717) is 5.56 Å². The van der Waals surface area contributed by atoms with Crippen molar-refractivity contribution in [3.63, 3.8) is 0 Å². The van der Waals surface area contributed by atoms with Gasteiger partial charge in [0.05, 0.1) is 24.5 Å². The monoisotopic (exact) mass is 217 g/mol. The minimum atomic E-state index is -0.682. The predicted octanol–water partition coefficient (Wildman–Crippen LogP) is 1.54. The highest BCUT2D eigenvalue weighted by Crippen LogP contribution is 2.34. The maximum absolute atomic E-state index is 10.8. The largest absolute Gasteiger partial charge is 0.490 e. The number of hydrogen-bond acceptors (Lipinski definition) is 5. The summed E-state index contributed by atoms with van der Waals surface area (Å²) in [4.78, 5) is 10.1. The van der Waals surface area contributed by atoms with E-state index >= 15 is 0 Å². The number of hydrogen-bond donors (Lipinski definition) is 0. The molecule has 0 aliphatic rings. The second kappa shape index (κ2) is 4.76. The summed E-state index contributed by atoms with van der Waals surface area (Å²) < 4.78 is 4.89. The molecule has 0 heterocycles. The van der Waals surface area contributed by atoms with Crippen molar-refractivity contribution in [1.82, 2.24) is 0 Å². The summed E-state index contributed by atoms with van der Waals surface area (Å²) in [7, 11) is 1.27. The Balaban J connectivity index is 3.52. The number of methoxy groups -OCH3 is 1. The van der Waals surface area contributed by atoms with Crippen LogP contribution in [0.5, 0.6) is 5.75 Å². The van der Waals surface area contributed by atoms with Gasteiger partial charge in [0.1, 0.15) is 11.6 Å². The van der Waals surface area contributed by atoms with Crippen LogP contribution in [0.25, 0.3) is 0 Å². The normalized spacial score (nSPS) is 8.94. The Bertz CT molecular complexity index is 511. The molecule has 1 aromatic carbocycles. The van der Waals surface area contributed by atoms with Crippen LogP contribution >= 0.6 is 0 Å². The summed E-state index contributed by atoms with van der Waals surface area (Å²) in [6, 6.07) is 6.39. The topological polar surface area (TPSA) is 99.9 Å². The number of rotatable bonds is 3. The van der Waals surface area contributed by atoms with Crippen LogP contribution in [0.15, 0.2) is 12.1 Å². The van der Waals surface area contributed by atoms with Crippen LogP contribution in [-0.4, -0.2) is 12.0 Å². The Kier molecular flexibility index (Phi) is 3.41. The molecule has 0 bridgehead atoms. The number of nitro benzene ring substituents is 1. The van der Waals surface area contributed by atoms with Gasteiger partial charge in [-0.05, 0) is 6.07 Å². The third-order valence-electron chi connectivity index (χ3n) is 1.99. The fraction of sp³-hybridized carbons (Fsp3) is 0.200. The van der Waals surface area contributed by atoms with Gasteiger partial charge in [0.25, 0.3) is 0 Å². The maximum atomic E-state index is 10.8. The smallest absolute Gasteiger partial charge is 0.328 e. The molecule has 0 fully saturated rings. The van der Waals surface area contributed by atoms with Crippen molar-refractivity contribution in [3.8, 4) is 17.9 Å². The summed E-state index contributed by atoms with van der Waals surface area (Å²) in [6.45, 7) is 0. The Morgan fingerprint density at radius 1 is 1.50 bits per heavy atom. The van der Waals surface area contributed by atoms with Gasteiger partial charge in [0, 0.05) is 5.56 Å². The lowest BCUT2D eigenvalue weighted by atomic mass is 10.1. The van der Waals surface area contributed by atoms with E-state index in [4.69, 9.17) is 15.3 Å². The number of nitrogens with zero attached hydrogens (tertiary/aromatic N) is 3. The highest BCUT2D eigenvalue weighted by molar-refractivity contribution is 5.62. The third-order valence-corrected chi connectivity index (χ3v) is 1.99. The van der Waals surface area contributed by atoms with Crippen LogP contribution in [0.4, 0.5) is 5.69 Å². The van der Waals surface area contributed by atoms with Crippen LogP contribution in [0.3, 0.4) is 0 Å². The molecule has 0 amide bonds. The van der Waals surface area contributed by atoms with Crippen molar-refractivity contribution in [2.75, 3.05) is 7.11 Å². The van der Waals surface area contributed by atoms with Crippen molar-refractivity contribution in [1.29, 1.82) is 10.5 Å². The van der Waals surface area contributed by atoms with Crippen molar-refractivity contribution < 1.29 is 9.66 Å². The zero-order valence-electron chi connectivity index (χ0n) is 8.43. The summed E-state index contributed by atoms with van der Waals surface area (Å²) in [5.74, 6) is -0.0226. The molecular weight excluding hydrogens is 210 g/mol. The number of nitro groups is 1. The van der Waals surface area contributed by atoms with Crippen LogP contribution < -0.4 is 4.74 Å². The molecule has 0 atom stereocenters. The Morgan fingerprint density at radius 2 is 2.19 bits per heavy atom. The molecule has 0 aromatic heterocycles. The second-order valence-corrected chi connectivity index (χ2v) is 2.86. The van der Waals surface area contributed by atoms with E-state index in [2.05, 4.69) is 0 Å². The second-order valence-electron chi connectivity index (χ2n) is 2.86. The van der Waals surface area contributed by atoms with Crippen molar-refractivity contribution in [2.45, 2.75) is 6.42 Å². The molecule has 0 spiro atoms. The summed E-state index contributed by atoms with van der Waals surface area (Å²) >= 11 is 0. The Morgan fingerprint density at radius 3 is 2.62 bits per heavy atom. The van der Waals surface area contributed by atoms with E-state index in [9.17, 15) is 10.1 Å². The first-order chi connectivity index (χ1) is 7.65. The van der Waals surface area contributed by atoms with Gasteiger partial charge in [-0.25, -0.2) is 0 Å². The van der Waals surface area contributed by atoms with E-state index in [1.165, 1.54) is 19.2 Å². The first-order valence-corrected chi connectivity index (χ1v) is 4.27.